The van der Waals surface area contributed by atoms with Crippen molar-refractivity contribution >= 4 is 41.5 Å². The minimum atomic E-state index is -4.79. The Morgan fingerprint density at radius 2 is 1.87 bits per heavy atom. The van der Waals surface area contributed by atoms with Crippen LogP contribution in [-0.4, -0.2) is 66.8 Å². The number of carbonyl (C=O) groups excluding carboxylic acids is 2. The number of hydrogen-bond acceptors (Lipinski definition) is 7. The van der Waals surface area contributed by atoms with Crippen LogP contribution in [0.1, 0.15) is 51.4 Å². The van der Waals surface area contributed by atoms with Gasteiger partial charge in [-0.05, 0) is 62.7 Å². The second-order valence-corrected chi connectivity index (χ2v) is 12.7. The molecule has 1 aliphatic heterocycles. The highest BCUT2D eigenvalue weighted by molar-refractivity contribution is 9.10. The average Bonchev–Trinajstić information content (AvgIpc) is 2.99. The molecule has 4 rings (SSSR count). The summed E-state index contributed by atoms with van der Waals surface area (Å²) in [5.41, 5.74) is -0.512. The molecule has 2 amide bonds. The summed E-state index contributed by atoms with van der Waals surface area (Å²) in [6.45, 7) is 6.41. The van der Waals surface area contributed by atoms with Crippen molar-refractivity contribution in [3.63, 3.8) is 0 Å². The van der Waals surface area contributed by atoms with E-state index in [0.717, 1.165) is 11.0 Å². The van der Waals surface area contributed by atoms with E-state index in [2.05, 4.69) is 37.3 Å². The van der Waals surface area contributed by atoms with E-state index in [1.807, 2.05) is 0 Å². The monoisotopic (exact) mass is 727 g/mol. The highest BCUT2D eigenvalue weighted by Gasteiger charge is 2.36. The van der Waals surface area contributed by atoms with Crippen molar-refractivity contribution in [3.05, 3.63) is 97.9 Å². The fourth-order valence-electron chi connectivity index (χ4n) is 4.76. The van der Waals surface area contributed by atoms with Crippen molar-refractivity contribution in [2.45, 2.75) is 45.1 Å². The third-order valence-electron chi connectivity index (χ3n) is 7.24. The largest absolute Gasteiger partial charge is 0.471 e. The lowest BCUT2D eigenvalue weighted by atomic mass is 9.98. The van der Waals surface area contributed by atoms with Crippen LogP contribution in [0.5, 0.6) is 0 Å². The first-order chi connectivity index (χ1) is 21.4. The third-order valence-corrected chi connectivity index (χ3v) is 8.39. The van der Waals surface area contributed by atoms with Crippen LogP contribution in [0, 0.1) is 0 Å². The first kappa shape index (κ1) is 35.0. The molecule has 0 spiro atoms. The van der Waals surface area contributed by atoms with Gasteiger partial charge in [0.2, 0.25) is 5.95 Å². The molecule has 246 valence electrons. The molecule has 12 nitrogen and oxygen atoms in total. The number of hydrogen-bond donors (Lipinski definition) is 3. The predicted molar refractivity (Wildman–Crippen MR) is 165 cm³/mol. The molecule has 3 aromatic rings. The summed E-state index contributed by atoms with van der Waals surface area (Å²) >= 11 is 2.89. The maximum absolute atomic E-state index is 14.0. The molecular formula is C29H30BrF3N5O7P. The van der Waals surface area contributed by atoms with Crippen LogP contribution < -0.4 is 10.9 Å². The maximum Gasteiger partial charge on any atom is 0.471 e. The number of phosphoric ester groups is 1. The lowest BCUT2D eigenvalue weighted by Gasteiger charge is -2.35. The SMILES string of the molecule is C=C[C@H](C)Nc1nc2c(c(=O)n1-c1ccc(C(=O)N(C)COP(=O)(O)O)cc1)C[C@@H](C)N(C(=O)c1ccc(Br)c(C(F)(F)F)c1)C2. The van der Waals surface area contributed by atoms with Gasteiger partial charge in [0.05, 0.1) is 23.5 Å². The normalized spacial score (nSPS) is 15.6. The van der Waals surface area contributed by atoms with E-state index >= 15 is 0 Å². The van der Waals surface area contributed by atoms with Gasteiger partial charge in [0.15, 0.2) is 0 Å². The van der Waals surface area contributed by atoms with Gasteiger partial charge in [-0.25, -0.2) is 14.1 Å². The zero-order chi connectivity index (χ0) is 34.1. The van der Waals surface area contributed by atoms with Gasteiger partial charge in [-0.15, -0.1) is 6.58 Å². The van der Waals surface area contributed by atoms with E-state index in [1.165, 1.54) is 52.9 Å². The Morgan fingerprint density at radius 3 is 2.46 bits per heavy atom. The first-order valence-corrected chi connectivity index (χ1v) is 16.0. The highest BCUT2D eigenvalue weighted by atomic mass is 79.9. The van der Waals surface area contributed by atoms with Gasteiger partial charge in [0.25, 0.3) is 17.4 Å². The number of anilines is 1. The number of amides is 2. The quantitative estimate of drug-likeness (QED) is 0.161. The topological polar surface area (TPSA) is 154 Å². The molecule has 0 bridgehead atoms. The van der Waals surface area contributed by atoms with Crippen LogP contribution in [0.15, 0.2) is 64.4 Å². The van der Waals surface area contributed by atoms with Gasteiger partial charge in [-0.1, -0.05) is 22.0 Å². The zero-order valence-electron chi connectivity index (χ0n) is 24.8. The molecular weight excluding hydrogens is 698 g/mol. The lowest BCUT2D eigenvalue weighted by Crippen LogP contribution is -2.46. The molecule has 1 aromatic heterocycles. The number of alkyl halides is 3. The second kappa shape index (κ2) is 13.5. The molecule has 1 aliphatic rings. The molecule has 0 unspecified atom stereocenters. The van der Waals surface area contributed by atoms with Crippen LogP contribution in [0.4, 0.5) is 19.1 Å². The van der Waals surface area contributed by atoms with Crippen LogP contribution in [0.25, 0.3) is 5.69 Å². The summed E-state index contributed by atoms with van der Waals surface area (Å²) in [7, 11) is -3.50. The molecule has 0 saturated carbocycles. The number of rotatable bonds is 9. The smallest absolute Gasteiger partial charge is 0.349 e. The number of fused-ring (bicyclic) bond motifs is 1. The van der Waals surface area contributed by atoms with Crippen LogP contribution in [-0.2, 0) is 28.2 Å². The Hall–Kier alpha value is -3.82. The molecule has 0 radical (unpaired) electrons. The number of phosphoric acid groups is 1. The Kier molecular flexibility index (Phi) is 10.3. The molecule has 2 aromatic carbocycles. The van der Waals surface area contributed by atoms with Crippen LogP contribution in [0.3, 0.4) is 0 Å². The number of benzene rings is 2. The van der Waals surface area contributed by atoms with E-state index < -0.39 is 49.7 Å². The van der Waals surface area contributed by atoms with Gasteiger partial charge in [-0.3, -0.25) is 18.9 Å². The second-order valence-electron chi connectivity index (χ2n) is 10.6. The molecule has 46 heavy (non-hydrogen) atoms. The number of nitrogens with one attached hydrogen (secondary N) is 1. The number of aromatic nitrogens is 2. The number of carbonyl (C=O) groups is 2. The summed E-state index contributed by atoms with van der Waals surface area (Å²) in [4.78, 5) is 64.9. The van der Waals surface area contributed by atoms with Crippen molar-refractivity contribution in [2.75, 3.05) is 19.1 Å². The molecule has 2 heterocycles. The molecule has 0 saturated heterocycles. The van der Waals surface area contributed by atoms with Crippen LogP contribution in [0.2, 0.25) is 0 Å². The Labute approximate surface area is 269 Å². The van der Waals surface area contributed by atoms with Crippen molar-refractivity contribution in [2.24, 2.45) is 0 Å². The fraction of sp³-hybridized carbons (Fsp3) is 0.310. The summed E-state index contributed by atoms with van der Waals surface area (Å²) < 4.78 is 57.0. The summed E-state index contributed by atoms with van der Waals surface area (Å²) in [6.07, 6.45) is -3.02. The van der Waals surface area contributed by atoms with Gasteiger partial charge in [0.1, 0.15) is 6.73 Å². The van der Waals surface area contributed by atoms with E-state index in [0.29, 0.717) is 11.3 Å². The molecule has 0 fully saturated rings. The van der Waals surface area contributed by atoms with Crippen molar-refractivity contribution in [3.8, 4) is 5.69 Å². The van der Waals surface area contributed by atoms with E-state index in [-0.39, 0.29) is 46.2 Å². The zero-order valence-corrected chi connectivity index (χ0v) is 27.3. The fourth-order valence-corrected chi connectivity index (χ4v) is 5.56. The summed E-state index contributed by atoms with van der Waals surface area (Å²) in [5.74, 6) is -1.14. The average molecular weight is 728 g/mol. The molecule has 3 N–H and O–H groups in total. The highest BCUT2D eigenvalue weighted by Crippen LogP contribution is 2.37. The molecule has 2 atom stereocenters. The molecule has 0 aliphatic carbocycles. The van der Waals surface area contributed by atoms with E-state index in [1.54, 1.807) is 19.9 Å². The number of halogens is 4. The Bertz CT molecular complexity index is 1780. The Balaban J connectivity index is 1.69. The molecule has 17 heteroatoms. The van der Waals surface area contributed by atoms with Crippen molar-refractivity contribution < 1.29 is 41.6 Å². The maximum atomic E-state index is 14.0. The van der Waals surface area contributed by atoms with Gasteiger partial charge in [-0.2, -0.15) is 13.2 Å². The third kappa shape index (κ3) is 7.76. The summed E-state index contributed by atoms with van der Waals surface area (Å²) in [5, 5.41) is 3.09. The van der Waals surface area contributed by atoms with E-state index in [9.17, 15) is 32.1 Å². The van der Waals surface area contributed by atoms with Crippen molar-refractivity contribution in [1.29, 1.82) is 0 Å². The summed E-state index contributed by atoms with van der Waals surface area (Å²) in [6, 6.07) is 8.18. The minimum absolute atomic E-state index is 0.0772. The van der Waals surface area contributed by atoms with Crippen molar-refractivity contribution in [1.82, 2.24) is 19.4 Å². The first-order valence-electron chi connectivity index (χ1n) is 13.7. The Morgan fingerprint density at radius 1 is 1.24 bits per heavy atom. The lowest BCUT2D eigenvalue weighted by molar-refractivity contribution is -0.138. The standard InChI is InChI=1S/C29H30BrF3N5O7P/c1-5-16(2)34-28-35-24-14-37(26(40)19-8-11-23(30)22(13-19)29(31,32)33)17(3)12-21(24)27(41)38(28)20-9-6-18(7-10-20)25(39)36(4)15-45-46(42,43)44/h5-11,13,16-17H,1,12,14-15H2,2-4H3,(H,34,35)(H2,42,43,44)/t16-,17+/m0/s1. The van der Waals surface area contributed by atoms with Gasteiger partial charge < -0.3 is 24.9 Å². The van der Waals surface area contributed by atoms with Gasteiger partial charge in [0, 0.05) is 40.3 Å². The van der Waals surface area contributed by atoms with Gasteiger partial charge >= 0.3 is 14.0 Å². The predicted octanol–water partition coefficient (Wildman–Crippen LogP) is 4.73. The van der Waals surface area contributed by atoms with E-state index in [4.69, 9.17) is 9.79 Å². The minimum Gasteiger partial charge on any atom is -0.349 e. The number of nitrogens with zero attached hydrogens (tertiary/aromatic N) is 4. The van der Waals surface area contributed by atoms with Crippen LogP contribution >= 0.6 is 23.8 Å².